The molecular weight excluding hydrogens is 356 g/mol. The van der Waals surface area contributed by atoms with Crippen LogP contribution in [0.5, 0.6) is 11.5 Å². The van der Waals surface area contributed by atoms with Crippen LogP contribution >= 0.6 is 0 Å². The Morgan fingerprint density at radius 3 is 2.46 bits per heavy atom. The van der Waals surface area contributed by atoms with Crippen molar-refractivity contribution >= 4 is 22.5 Å². The number of amides is 1. The number of fused-ring (bicyclic) bond motifs is 1. The number of rotatable bonds is 7. The van der Waals surface area contributed by atoms with E-state index in [0.717, 1.165) is 16.7 Å². The Hall–Kier alpha value is -3.28. The van der Waals surface area contributed by atoms with Crippen LogP contribution in [0.25, 0.3) is 10.9 Å². The fraction of sp³-hybridized carbons (Fsp3) is 0.273. The third-order valence-corrected chi connectivity index (χ3v) is 4.26. The Balaban J connectivity index is 1.64. The van der Waals surface area contributed by atoms with Crippen molar-refractivity contribution in [2.24, 2.45) is 0 Å². The van der Waals surface area contributed by atoms with Crippen LogP contribution in [-0.2, 0) is 11.2 Å². The van der Waals surface area contributed by atoms with Crippen molar-refractivity contribution in [3.8, 4) is 11.5 Å². The van der Waals surface area contributed by atoms with E-state index in [9.17, 15) is 9.59 Å². The third-order valence-electron chi connectivity index (χ3n) is 4.26. The Bertz CT molecular complexity index is 1020. The maximum Gasteiger partial charge on any atom is 0.251 e. The van der Waals surface area contributed by atoms with Gasteiger partial charge in [-0.3, -0.25) is 9.59 Å². The van der Waals surface area contributed by atoms with Gasteiger partial charge < -0.3 is 19.8 Å². The number of hydrogen-bond donors (Lipinski definition) is 2. The molecule has 0 radical (unpaired) electrons. The lowest BCUT2D eigenvalue weighted by molar-refractivity contribution is -0.116. The van der Waals surface area contributed by atoms with Gasteiger partial charge in [-0.05, 0) is 68.8 Å². The van der Waals surface area contributed by atoms with E-state index in [4.69, 9.17) is 9.47 Å². The second kappa shape index (κ2) is 8.61. The number of carbonyl (C=O) groups excluding carboxylic acids is 1. The smallest absolute Gasteiger partial charge is 0.251 e. The Morgan fingerprint density at radius 2 is 1.79 bits per heavy atom. The van der Waals surface area contributed by atoms with E-state index in [2.05, 4.69) is 10.3 Å². The standard InChI is InChI=1S/C22H24N2O4/c1-14(2)28-18-7-5-17(6-8-18)23-21(25)11-4-15-12-16-13-19(27-3)9-10-20(16)24-22(15)26/h5-10,12-14H,4,11H2,1-3H3,(H,23,25)(H,24,26). The summed E-state index contributed by atoms with van der Waals surface area (Å²) in [6, 6.07) is 14.5. The molecule has 6 heteroatoms. The quantitative estimate of drug-likeness (QED) is 0.652. The zero-order valence-corrected chi connectivity index (χ0v) is 16.2. The summed E-state index contributed by atoms with van der Waals surface area (Å²) in [6.07, 6.45) is 0.659. The van der Waals surface area contributed by atoms with Crippen LogP contribution in [0.4, 0.5) is 5.69 Å². The Labute approximate surface area is 163 Å². The van der Waals surface area contributed by atoms with Crippen molar-refractivity contribution < 1.29 is 14.3 Å². The first-order valence-corrected chi connectivity index (χ1v) is 9.21. The molecule has 0 saturated heterocycles. The number of nitrogens with one attached hydrogen (secondary N) is 2. The average Bonchev–Trinajstić information content (AvgIpc) is 2.67. The van der Waals surface area contributed by atoms with E-state index < -0.39 is 0 Å². The highest BCUT2D eigenvalue weighted by Crippen LogP contribution is 2.20. The van der Waals surface area contributed by atoms with Crippen molar-refractivity contribution in [3.63, 3.8) is 0 Å². The van der Waals surface area contributed by atoms with Crippen molar-refractivity contribution in [3.05, 3.63) is 64.4 Å². The summed E-state index contributed by atoms with van der Waals surface area (Å²) >= 11 is 0. The molecule has 146 valence electrons. The van der Waals surface area contributed by atoms with Crippen molar-refractivity contribution in [1.29, 1.82) is 0 Å². The lowest BCUT2D eigenvalue weighted by Crippen LogP contribution is -2.17. The van der Waals surface area contributed by atoms with Crippen molar-refractivity contribution in [2.45, 2.75) is 32.8 Å². The van der Waals surface area contributed by atoms with E-state index in [1.165, 1.54) is 0 Å². The van der Waals surface area contributed by atoms with Crippen LogP contribution in [0.2, 0.25) is 0 Å². The van der Waals surface area contributed by atoms with Gasteiger partial charge >= 0.3 is 0 Å². The van der Waals surface area contributed by atoms with Gasteiger partial charge in [0.15, 0.2) is 0 Å². The molecule has 1 heterocycles. The minimum absolute atomic E-state index is 0.0976. The number of carbonyl (C=O) groups is 1. The van der Waals surface area contributed by atoms with E-state index in [0.29, 0.717) is 23.4 Å². The Morgan fingerprint density at radius 1 is 1.07 bits per heavy atom. The molecule has 2 aromatic carbocycles. The van der Waals surface area contributed by atoms with Crippen LogP contribution in [0.3, 0.4) is 0 Å². The monoisotopic (exact) mass is 380 g/mol. The number of hydrogen-bond acceptors (Lipinski definition) is 4. The molecule has 0 atom stereocenters. The van der Waals surface area contributed by atoms with Crippen LogP contribution in [0, 0.1) is 0 Å². The van der Waals surface area contributed by atoms with Crippen LogP contribution in [0.15, 0.2) is 53.3 Å². The number of ether oxygens (including phenoxy) is 2. The molecule has 28 heavy (non-hydrogen) atoms. The number of benzene rings is 2. The summed E-state index contributed by atoms with van der Waals surface area (Å²) in [4.78, 5) is 27.3. The first kappa shape index (κ1) is 19.5. The molecular formula is C22H24N2O4. The predicted molar refractivity (Wildman–Crippen MR) is 110 cm³/mol. The summed E-state index contributed by atoms with van der Waals surface area (Å²) in [5.41, 5.74) is 1.82. The third kappa shape index (κ3) is 4.91. The van der Waals surface area contributed by atoms with E-state index in [1.54, 1.807) is 31.4 Å². The molecule has 1 aromatic heterocycles. The number of pyridine rings is 1. The minimum Gasteiger partial charge on any atom is -0.497 e. The van der Waals surface area contributed by atoms with E-state index in [-0.39, 0.29) is 24.0 Å². The molecule has 0 aliphatic carbocycles. The summed E-state index contributed by atoms with van der Waals surface area (Å²) in [6.45, 7) is 3.92. The molecule has 0 saturated carbocycles. The van der Waals surface area contributed by atoms with Gasteiger partial charge in [0.05, 0.1) is 13.2 Å². The minimum atomic E-state index is -0.180. The molecule has 3 rings (SSSR count). The van der Waals surface area contributed by atoms with Crippen LogP contribution in [0.1, 0.15) is 25.8 Å². The normalized spacial score (nSPS) is 10.9. The Kier molecular flexibility index (Phi) is 5.99. The summed E-state index contributed by atoms with van der Waals surface area (Å²) in [5, 5.41) is 3.71. The lowest BCUT2D eigenvalue weighted by Gasteiger charge is -2.10. The molecule has 6 nitrogen and oxygen atoms in total. The van der Waals surface area contributed by atoms with Gasteiger partial charge in [0.2, 0.25) is 5.91 Å². The predicted octanol–water partition coefficient (Wildman–Crippen LogP) is 3.90. The number of methoxy groups -OCH3 is 1. The molecule has 0 spiro atoms. The number of aryl methyl sites for hydroxylation is 1. The zero-order chi connectivity index (χ0) is 20.1. The first-order valence-electron chi connectivity index (χ1n) is 9.21. The highest BCUT2D eigenvalue weighted by molar-refractivity contribution is 5.91. The second-order valence-corrected chi connectivity index (χ2v) is 6.82. The van der Waals surface area contributed by atoms with E-state index >= 15 is 0 Å². The van der Waals surface area contributed by atoms with E-state index in [1.807, 2.05) is 38.1 Å². The molecule has 0 aliphatic rings. The molecule has 0 fully saturated rings. The number of aromatic amines is 1. The van der Waals surface area contributed by atoms with Gasteiger partial charge in [-0.25, -0.2) is 0 Å². The van der Waals surface area contributed by atoms with Gasteiger partial charge in [0, 0.05) is 28.6 Å². The highest BCUT2D eigenvalue weighted by Gasteiger charge is 2.08. The van der Waals surface area contributed by atoms with Gasteiger partial charge in [-0.15, -0.1) is 0 Å². The van der Waals surface area contributed by atoms with Crippen molar-refractivity contribution in [1.82, 2.24) is 4.98 Å². The fourth-order valence-corrected chi connectivity index (χ4v) is 2.90. The maximum absolute atomic E-state index is 12.3. The molecule has 0 aliphatic heterocycles. The van der Waals surface area contributed by atoms with Crippen LogP contribution < -0.4 is 20.3 Å². The molecule has 0 bridgehead atoms. The molecule has 2 N–H and O–H groups in total. The largest absolute Gasteiger partial charge is 0.497 e. The van der Waals surface area contributed by atoms with Gasteiger partial charge in [0.1, 0.15) is 11.5 Å². The maximum atomic E-state index is 12.3. The van der Waals surface area contributed by atoms with Gasteiger partial charge in [0.25, 0.3) is 5.56 Å². The molecule has 3 aromatic rings. The first-order chi connectivity index (χ1) is 13.4. The summed E-state index contributed by atoms with van der Waals surface area (Å²) in [5.74, 6) is 1.32. The fourth-order valence-electron chi connectivity index (χ4n) is 2.90. The van der Waals surface area contributed by atoms with Gasteiger partial charge in [-0.2, -0.15) is 0 Å². The molecule has 1 amide bonds. The van der Waals surface area contributed by atoms with Crippen molar-refractivity contribution in [2.75, 3.05) is 12.4 Å². The summed E-state index contributed by atoms with van der Waals surface area (Å²) in [7, 11) is 1.60. The summed E-state index contributed by atoms with van der Waals surface area (Å²) < 4.78 is 10.8. The average molecular weight is 380 g/mol. The molecule has 0 unspecified atom stereocenters. The van der Waals surface area contributed by atoms with Crippen LogP contribution in [-0.4, -0.2) is 24.1 Å². The zero-order valence-electron chi connectivity index (χ0n) is 16.2. The van der Waals surface area contributed by atoms with Gasteiger partial charge in [-0.1, -0.05) is 0 Å². The number of H-pyrrole nitrogens is 1. The number of anilines is 1. The number of aromatic nitrogens is 1. The second-order valence-electron chi connectivity index (χ2n) is 6.82. The lowest BCUT2D eigenvalue weighted by atomic mass is 10.1. The topological polar surface area (TPSA) is 80.4 Å². The highest BCUT2D eigenvalue weighted by atomic mass is 16.5. The SMILES string of the molecule is COc1ccc2[nH]c(=O)c(CCC(=O)Nc3ccc(OC(C)C)cc3)cc2c1.